The van der Waals surface area contributed by atoms with E-state index >= 15 is 0 Å². The zero-order chi connectivity index (χ0) is 22.2. The van der Waals surface area contributed by atoms with Crippen molar-refractivity contribution in [2.45, 2.75) is 20.3 Å². The summed E-state index contributed by atoms with van der Waals surface area (Å²) in [7, 11) is 3.23. The molecule has 164 valence electrons. The fourth-order valence-electron chi connectivity index (χ4n) is 2.97. The number of ether oxygens (including phenoxy) is 3. The van der Waals surface area contributed by atoms with Gasteiger partial charge >= 0.3 is 6.01 Å². The fraction of sp³-hybridized carbons (Fsp3) is 0.348. The molecule has 8 heteroatoms. The molecule has 0 unspecified atom stereocenters. The molecule has 0 spiro atoms. The number of rotatable bonds is 10. The van der Waals surface area contributed by atoms with Gasteiger partial charge in [0.1, 0.15) is 12.4 Å². The Hall–Kier alpha value is -3.39. The van der Waals surface area contributed by atoms with Crippen molar-refractivity contribution in [3.8, 4) is 28.8 Å². The highest BCUT2D eigenvalue weighted by Crippen LogP contribution is 2.27. The molecule has 0 aliphatic carbocycles. The lowest BCUT2D eigenvalue weighted by molar-refractivity contribution is -0.116. The molecule has 1 amide bonds. The molecule has 0 saturated carbocycles. The van der Waals surface area contributed by atoms with Crippen molar-refractivity contribution in [1.29, 1.82) is 0 Å². The highest BCUT2D eigenvalue weighted by atomic mass is 16.5. The van der Waals surface area contributed by atoms with Crippen molar-refractivity contribution in [2.24, 2.45) is 5.92 Å². The summed E-state index contributed by atoms with van der Waals surface area (Å²) in [5.41, 5.74) is 2.35. The number of aromatic nitrogens is 3. The molecule has 0 atom stereocenters. The van der Waals surface area contributed by atoms with E-state index in [0.717, 1.165) is 22.7 Å². The van der Waals surface area contributed by atoms with Crippen LogP contribution in [0.2, 0.25) is 0 Å². The lowest BCUT2D eigenvalue weighted by Gasteiger charge is -2.10. The van der Waals surface area contributed by atoms with Gasteiger partial charge in [0.25, 0.3) is 0 Å². The van der Waals surface area contributed by atoms with Gasteiger partial charge in [0.2, 0.25) is 5.91 Å². The lowest BCUT2D eigenvalue weighted by Crippen LogP contribution is -2.13. The van der Waals surface area contributed by atoms with E-state index in [2.05, 4.69) is 15.4 Å². The minimum atomic E-state index is -0.00518. The van der Waals surface area contributed by atoms with Gasteiger partial charge in [-0.2, -0.15) is 4.98 Å². The lowest BCUT2D eigenvalue weighted by atomic mass is 10.1. The first kappa shape index (κ1) is 22.3. The first-order valence-electron chi connectivity index (χ1n) is 10.1. The van der Waals surface area contributed by atoms with E-state index < -0.39 is 0 Å². The molecule has 1 N–H and O–H groups in total. The quantitative estimate of drug-likeness (QED) is 0.496. The molecule has 0 saturated heterocycles. The Labute approximate surface area is 182 Å². The monoisotopic (exact) mass is 424 g/mol. The van der Waals surface area contributed by atoms with Crippen LogP contribution in [-0.2, 0) is 9.53 Å². The third kappa shape index (κ3) is 6.05. The highest BCUT2D eigenvalue weighted by molar-refractivity contribution is 5.90. The van der Waals surface area contributed by atoms with E-state index in [-0.39, 0.29) is 11.9 Å². The van der Waals surface area contributed by atoms with Gasteiger partial charge in [-0.05, 0) is 42.3 Å². The summed E-state index contributed by atoms with van der Waals surface area (Å²) in [6, 6.07) is 15.3. The summed E-state index contributed by atoms with van der Waals surface area (Å²) in [5, 5.41) is 7.43. The topological polar surface area (TPSA) is 87.5 Å². The number of carbonyl (C=O) groups is 1. The van der Waals surface area contributed by atoms with Crippen LogP contribution in [0.15, 0.2) is 48.5 Å². The number of benzene rings is 2. The molecule has 1 heterocycles. The zero-order valence-electron chi connectivity index (χ0n) is 18.3. The molecule has 8 nitrogen and oxygen atoms in total. The number of methoxy groups -OCH3 is 2. The van der Waals surface area contributed by atoms with Gasteiger partial charge in [0, 0.05) is 24.8 Å². The zero-order valence-corrected chi connectivity index (χ0v) is 18.3. The molecule has 3 rings (SSSR count). The predicted molar refractivity (Wildman–Crippen MR) is 119 cm³/mol. The van der Waals surface area contributed by atoms with Crippen molar-refractivity contribution in [2.75, 3.05) is 32.8 Å². The molecular weight excluding hydrogens is 396 g/mol. The van der Waals surface area contributed by atoms with E-state index in [1.807, 2.05) is 62.4 Å². The van der Waals surface area contributed by atoms with E-state index in [0.29, 0.717) is 31.4 Å². The van der Waals surface area contributed by atoms with Gasteiger partial charge < -0.3 is 19.5 Å². The molecule has 3 aromatic rings. The van der Waals surface area contributed by atoms with Crippen LogP contribution < -0.4 is 14.8 Å². The molecular formula is C23H28N4O4. The number of amides is 1. The molecule has 2 aromatic carbocycles. The summed E-state index contributed by atoms with van der Waals surface area (Å²) >= 11 is 0. The van der Waals surface area contributed by atoms with E-state index in [1.165, 1.54) is 0 Å². The second-order valence-corrected chi connectivity index (χ2v) is 7.40. The summed E-state index contributed by atoms with van der Waals surface area (Å²) in [5.74, 6) is 1.63. The first-order valence-corrected chi connectivity index (χ1v) is 10.1. The number of hydrogen-bond donors (Lipinski definition) is 1. The second-order valence-electron chi connectivity index (χ2n) is 7.40. The van der Waals surface area contributed by atoms with Gasteiger partial charge in [-0.1, -0.05) is 26.0 Å². The SMILES string of the molecule is COCCOc1nc(-c2cccc(OC)c2)n(-c2ccc(NC(=O)CC(C)C)cc2)n1. The van der Waals surface area contributed by atoms with Crippen LogP contribution in [0.4, 0.5) is 5.69 Å². The van der Waals surface area contributed by atoms with E-state index in [9.17, 15) is 4.79 Å². The van der Waals surface area contributed by atoms with Crippen molar-refractivity contribution < 1.29 is 19.0 Å². The average Bonchev–Trinajstić information content (AvgIpc) is 3.18. The molecule has 1 aromatic heterocycles. The van der Waals surface area contributed by atoms with E-state index in [4.69, 9.17) is 14.2 Å². The summed E-state index contributed by atoms with van der Waals surface area (Å²) in [4.78, 5) is 16.6. The third-order valence-electron chi connectivity index (χ3n) is 4.42. The Bertz CT molecular complexity index is 999. The third-order valence-corrected chi connectivity index (χ3v) is 4.42. The highest BCUT2D eigenvalue weighted by Gasteiger charge is 2.16. The van der Waals surface area contributed by atoms with Crippen LogP contribution in [-0.4, -0.2) is 48.1 Å². The maximum absolute atomic E-state index is 12.0. The predicted octanol–water partition coefficient (Wildman–Crippen LogP) is 3.95. The largest absolute Gasteiger partial charge is 0.497 e. The molecule has 0 aliphatic heterocycles. The number of carbonyl (C=O) groups excluding carboxylic acids is 1. The number of hydrogen-bond acceptors (Lipinski definition) is 6. The van der Waals surface area contributed by atoms with Gasteiger partial charge in [0.15, 0.2) is 5.82 Å². The van der Waals surface area contributed by atoms with Crippen LogP contribution in [0.3, 0.4) is 0 Å². The Morgan fingerprint density at radius 2 is 1.87 bits per heavy atom. The fourth-order valence-corrected chi connectivity index (χ4v) is 2.97. The van der Waals surface area contributed by atoms with Crippen LogP contribution in [0.5, 0.6) is 11.8 Å². The van der Waals surface area contributed by atoms with Crippen molar-refractivity contribution in [3.05, 3.63) is 48.5 Å². The minimum absolute atomic E-state index is 0.00518. The van der Waals surface area contributed by atoms with Crippen LogP contribution in [0, 0.1) is 5.92 Å². The second kappa shape index (κ2) is 10.6. The molecule has 0 fully saturated rings. The van der Waals surface area contributed by atoms with Gasteiger partial charge in [-0.3, -0.25) is 4.79 Å². The standard InChI is InChI=1S/C23H28N4O4/c1-16(2)14-21(28)24-18-8-10-19(11-9-18)27-22(17-6-5-7-20(15-17)30-4)25-23(26-27)31-13-12-29-3/h5-11,15-16H,12-14H2,1-4H3,(H,24,28). The maximum atomic E-state index is 12.0. The van der Waals surface area contributed by atoms with Gasteiger partial charge in [-0.25, -0.2) is 4.68 Å². The Balaban J connectivity index is 1.90. The molecule has 0 aliphatic rings. The van der Waals surface area contributed by atoms with E-state index in [1.54, 1.807) is 18.9 Å². The van der Waals surface area contributed by atoms with Crippen LogP contribution in [0.25, 0.3) is 17.1 Å². The number of anilines is 1. The maximum Gasteiger partial charge on any atom is 0.336 e. The van der Waals surface area contributed by atoms with Crippen LogP contribution >= 0.6 is 0 Å². The van der Waals surface area contributed by atoms with Gasteiger partial charge in [0.05, 0.1) is 19.4 Å². The summed E-state index contributed by atoms with van der Waals surface area (Å²) in [6.07, 6.45) is 0.479. The van der Waals surface area contributed by atoms with Crippen molar-refractivity contribution >= 4 is 11.6 Å². The minimum Gasteiger partial charge on any atom is -0.497 e. The van der Waals surface area contributed by atoms with Crippen LogP contribution in [0.1, 0.15) is 20.3 Å². The van der Waals surface area contributed by atoms with Crippen molar-refractivity contribution in [1.82, 2.24) is 14.8 Å². The van der Waals surface area contributed by atoms with Gasteiger partial charge in [-0.15, -0.1) is 5.10 Å². The number of nitrogens with one attached hydrogen (secondary N) is 1. The Kier molecular flexibility index (Phi) is 7.61. The molecule has 31 heavy (non-hydrogen) atoms. The Morgan fingerprint density at radius 3 is 2.55 bits per heavy atom. The first-order chi connectivity index (χ1) is 15.0. The summed E-state index contributed by atoms with van der Waals surface area (Å²) in [6.45, 7) is 4.81. The average molecular weight is 425 g/mol. The Morgan fingerprint density at radius 1 is 1.10 bits per heavy atom. The number of nitrogens with zero attached hydrogens (tertiary/aromatic N) is 3. The molecule has 0 radical (unpaired) electrons. The molecule has 0 bridgehead atoms. The van der Waals surface area contributed by atoms with Crippen molar-refractivity contribution in [3.63, 3.8) is 0 Å². The summed E-state index contributed by atoms with van der Waals surface area (Å²) < 4.78 is 17.7. The normalized spacial score (nSPS) is 10.9. The smallest absolute Gasteiger partial charge is 0.336 e.